The third kappa shape index (κ3) is 3.71. The molecule has 0 aliphatic carbocycles. The average molecular weight is 276 g/mol. The summed E-state index contributed by atoms with van der Waals surface area (Å²) in [5.74, 6) is 0.777. The number of hydrogen-bond donors (Lipinski definition) is 1. The molecule has 1 rings (SSSR count). The van der Waals surface area contributed by atoms with E-state index in [1.54, 1.807) is 0 Å². The Labute approximate surface area is 99.0 Å². The largest absolute Gasteiger partial charge is 0.312 e. The zero-order valence-corrected chi connectivity index (χ0v) is 11.5. The number of halogens is 1. The lowest BCUT2D eigenvalue weighted by Crippen LogP contribution is -2.19. The monoisotopic (exact) mass is 275 g/mol. The number of thiophene rings is 1. The summed E-state index contributed by atoms with van der Waals surface area (Å²) < 4.78 is 1.24. The second-order valence-electron chi connectivity index (χ2n) is 3.76. The van der Waals surface area contributed by atoms with Gasteiger partial charge >= 0.3 is 0 Å². The SMILES string of the molecule is CCC(C)CNCc1cc(Br)c(C)s1. The predicted molar refractivity (Wildman–Crippen MR) is 67.9 cm³/mol. The third-order valence-electron chi connectivity index (χ3n) is 2.40. The van der Waals surface area contributed by atoms with Gasteiger partial charge in [-0.05, 0) is 41.4 Å². The molecule has 1 N–H and O–H groups in total. The molecule has 0 amide bonds. The van der Waals surface area contributed by atoms with Crippen LogP contribution in [0, 0.1) is 12.8 Å². The topological polar surface area (TPSA) is 12.0 Å². The summed E-state index contributed by atoms with van der Waals surface area (Å²) in [6.45, 7) is 8.78. The minimum absolute atomic E-state index is 0.777. The highest BCUT2D eigenvalue weighted by Gasteiger charge is 2.03. The van der Waals surface area contributed by atoms with Gasteiger partial charge in [-0.2, -0.15) is 0 Å². The Morgan fingerprint density at radius 1 is 1.57 bits per heavy atom. The van der Waals surface area contributed by atoms with E-state index in [2.05, 4.69) is 48.1 Å². The summed E-state index contributed by atoms with van der Waals surface area (Å²) in [5, 5.41) is 3.48. The molecule has 0 aliphatic heterocycles. The van der Waals surface area contributed by atoms with E-state index in [4.69, 9.17) is 0 Å². The van der Waals surface area contributed by atoms with Crippen molar-refractivity contribution < 1.29 is 0 Å². The van der Waals surface area contributed by atoms with E-state index in [0.717, 1.165) is 19.0 Å². The lowest BCUT2D eigenvalue weighted by molar-refractivity contribution is 0.501. The lowest BCUT2D eigenvalue weighted by Gasteiger charge is -2.08. The fourth-order valence-electron chi connectivity index (χ4n) is 1.19. The Bertz CT molecular complexity index is 263. The molecule has 3 heteroatoms. The Balaban J connectivity index is 2.31. The summed E-state index contributed by atoms with van der Waals surface area (Å²) in [6, 6.07) is 2.21. The summed E-state index contributed by atoms with van der Waals surface area (Å²) in [7, 11) is 0. The smallest absolute Gasteiger partial charge is 0.0314 e. The zero-order valence-electron chi connectivity index (χ0n) is 9.06. The molecule has 1 unspecified atom stereocenters. The van der Waals surface area contributed by atoms with Crippen molar-refractivity contribution in [2.24, 2.45) is 5.92 Å². The van der Waals surface area contributed by atoms with Gasteiger partial charge < -0.3 is 5.32 Å². The van der Waals surface area contributed by atoms with E-state index in [-0.39, 0.29) is 0 Å². The predicted octanol–water partition coefficient (Wildman–Crippen LogP) is 3.95. The van der Waals surface area contributed by atoms with E-state index < -0.39 is 0 Å². The van der Waals surface area contributed by atoms with Crippen molar-refractivity contribution in [3.05, 3.63) is 20.3 Å². The van der Waals surface area contributed by atoms with Crippen LogP contribution in [0.2, 0.25) is 0 Å². The van der Waals surface area contributed by atoms with Gasteiger partial charge in [0.1, 0.15) is 0 Å². The van der Waals surface area contributed by atoms with Crippen LogP contribution in [0.5, 0.6) is 0 Å². The van der Waals surface area contributed by atoms with E-state index in [0.29, 0.717) is 0 Å². The first kappa shape index (κ1) is 12.2. The maximum Gasteiger partial charge on any atom is 0.0314 e. The van der Waals surface area contributed by atoms with Gasteiger partial charge in [0.05, 0.1) is 0 Å². The van der Waals surface area contributed by atoms with E-state index in [1.807, 2.05) is 11.3 Å². The maximum absolute atomic E-state index is 3.53. The van der Waals surface area contributed by atoms with Crippen LogP contribution in [0.15, 0.2) is 10.5 Å². The first-order valence-electron chi connectivity index (χ1n) is 5.09. The van der Waals surface area contributed by atoms with Crippen LogP contribution >= 0.6 is 27.3 Å². The van der Waals surface area contributed by atoms with Crippen molar-refractivity contribution in [2.75, 3.05) is 6.54 Å². The lowest BCUT2D eigenvalue weighted by atomic mass is 10.1. The third-order valence-corrected chi connectivity index (χ3v) is 4.53. The number of aryl methyl sites for hydroxylation is 1. The van der Waals surface area contributed by atoms with Crippen LogP contribution in [-0.2, 0) is 6.54 Å². The summed E-state index contributed by atoms with van der Waals surface area (Å²) >= 11 is 5.40. The van der Waals surface area contributed by atoms with Gasteiger partial charge in [0.2, 0.25) is 0 Å². The molecule has 14 heavy (non-hydrogen) atoms. The molecule has 0 saturated heterocycles. The van der Waals surface area contributed by atoms with Gasteiger partial charge in [-0.3, -0.25) is 0 Å². The molecule has 0 bridgehead atoms. The molecule has 0 saturated carbocycles. The second kappa shape index (κ2) is 5.89. The van der Waals surface area contributed by atoms with Gasteiger partial charge in [0.15, 0.2) is 0 Å². The van der Waals surface area contributed by atoms with Gasteiger partial charge in [-0.25, -0.2) is 0 Å². The van der Waals surface area contributed by atoms with Crippen molar-refractivity contribution in [1.29, 1.82) is 0 Å². The molecule has 0 aromatic carbocycles. The number of rotatable bonds is 5. The fourth-order valence-corrected chi connectivity index (χ4v) is 2.76. The fraction of sp³-hybridized carbons (Fsp3) is 0.636. The van der Waals surface area contributed by atoms with Crippen LogP contribution < -0.4 is 5.32 Å². The second-order valence-corrected chi connectivity index (χ2v) is 5.96. The normalized spacial score (nSPS) is 13.1. The van der Waals surface area contributed by atoms with Gasteiger partial charge in [0, 0.05) is 20.8 Å². The Kier molecular flexibility index (Phi) is 5.13. The average Bonchev–Trinajstić information content (AvgIpc) is 2.46. The van der Waals surface area contributed by atoms with E-state index in [9.17, 15) is 0 Å². The molecule has 0 spiro atoms. The first-order chi connectivity index (χ1) is 6.63. The highest BCUT2D eigenvalue weighted by Crippen LogP contribution is 2.26. The van der Waals surface area contributed by atoms with Crippen molar-refractivity contribution in [1.82, 2.24) is 5.32 Å². The molecular weight excluding hydrogens is 258 g/mol. The van der Waals surface area contributed by atoms with Gasteiger partial charge in [-0.1, -0.05) is 20.3 Å². The zero-order chi connectivity index (χ0) is 10.6. The molecule has 0 radical (unpaired) electrons. The van der Waals surface area contributed by atoms with Crippen LogP contribution in [-0.4, -0.2) is 6.54 Å². The molecule has 1 aromatic rings. The Morgan fingerprint density at radius 2 is 2.29 bits per heavy atom. The van der Waals surface area contributed by atoms with Gasteiger partial charge in [-0.15, -0.1) is 11.3 Å². The first-order valence-corrected chi connectivity index (χ1v) is 6.70. The highest BCUT2D eigenvalue weighted by atomic mass is 79.9. The highest BCUT2D eigenvalue weighted by molar-refractivity contribution is 9.10. The molecule has 1 heterocycles. The molecule has 1 atom stereocenters. The van der Waals surface area contributed by atoms with Crippen LogP contribution in [0.3, 0.4) is 0 Å². The number of nitrogens with one attached hydrogen (secondary N) is 1. The van der Waals surface area contributed by atoms with E-state index in [1.165, 1.54) is 20.6 Å². The van der Waals surface area contributed by atoms with Crippen molar-refractivity contribution in [3.63, 3.8) is 0 Å². The van der Waals surface area contributed by atoms with Crippen LogP contribution in [0.1, 0.15) is 30.0 Å². The quantitative estimate of drug-likeness (QED) is 0.858. The van der Waals surface area contributed by atoms with Crippen molar-refractivity contribution in [2.45, 2.75) is 33.7 Å². The Hall–Kier alpha value is 0.140. The molecule has 0 aliphatic rings. The van der Waals surface area contributed by atoms with E-state index >= 15 is 0 Å². The van der Waals surface area contributed by atoms with Crippen molar-refractivity contribution in [3.8, 4) is 0 Å². The number of hydrogen-bond acceptors (Lipinski definition) is 2. The molecular formula is C11H18BrNS. The molecule has 1 aromatic heterocycles. The van der Waals surface area contributed by atoms with Crippen LogP contribution in [0.4, 0.5) is 0 Å². The maximum atomic E-state index is 3.53. The van der Waals surface area contributed by atoms with Crippen molar-refractivity contribution >= 4 is 27.3 Å². The van der Waals surface area contributed by atoms with Crippen LogP contribution in [0.25, 0.3) is 0 Å². The standard InChI is InChI=1S/C11H18BrNS/c1-4-8(2)6-13-7-10-5-11(12)9(3)14-10/h5,8,13H,4,6-7H2,1-3H3. The molecule has 1 nitrogen and oxygen atoms in total. The minimum Gasteiger partial charge on any atom is -0.312 e. The summed E-state index contributed by atoms with van der Waals surface area (Å²) in [6.07, 6.45) is 1.25. The summed E-state index contributed by atoms with van der Waals surface area (Å²) in [4.78, 5) is 2.78. The van der Waals surface area contributed by atoms with Gasteiger partial charge in [0.25, 0.3) is 0 Å². The summed E-state index contributed by atoms with van der Waals surface area (Å²) in [5.41, 5.74) is 0. The molecule has 80 valence electrons. The minimum atomic E-state index is 0.777. The Morgan fingerprint density at radius 3 is 2.79 bits per heavy atom. The molecule has 0 fully saturated rings.